The summed E-state index contributed by atoms with van der Waals surface area (Å²) < 4.78 is 5.43. The molecular formula is C14H14O3. The highest BCUT2D eigenvalue weighted by atomic mass is 16.5. The number of rotatable bonds is 4. The highest BCUT2D eigenvalue weighted by Crippen LogP contribution is 2.19. The molecule has 0 radical (unpaired) electrons. The van der Waals surface area contributed by atoms with Gasteiger partial charge in [0, 0.05) is 0 Å². The van der Waals surface area contributed by atoms with E-state index >= 15 is 0 Å². The molecule has 3 nitrogen and oxygen atoms in total. The van der Waals surface area contributed by atoms with E-state index in [0.29, 0.717) is 11.3 Å². The molecule has 0 bridgehead atoms. The van der Waals surface area contributed by atoms with Crippen molar-refractivity contribution in [2.75, 3.05) is 6.61 Å². The molecule has 0 amide bonds. The fourth-order valence-corrected chi connectivity index (χ4v) is 1.52. The van der Waals surface area contributed by atoms with Crippen molar-refractivity contribution in [3.63, 3.8) is 0 Å². The summed E-state index contributed by atoms with van der Waals surface area (Å²) in [6.07, 6.45) is -0.748. The van der Waals surface area contributed by atoms with Crippen LogP contribution in [0.4, 0.5) is 0 Å². The zero-order valence-corrected chi connectivity index (χ0v) is 9.28. The van der Waals surface area contributed by atoms with Crippen LogP contribution in [-0.2, 0) is 0 Å². The van der Waals surface area contributed by atoms with Gasteiger partial charge in [0.2, 0.25) is 0 Å². The number of aromatic hydroxyl groups is 1. The molecule has 0 saturated carbocycles. The number of aliphatic hydroxyl groups excluding tert-OH is 1. The van der Waals surface area contributed by atoms with E-state index in [4.69, 9.17) is 4.74 Å². The first-order chi connectivity index (χ1) is 8.25. The lowest BCUT2D eigenvalue weighted by molar-refractivity contribution is 0.108. The van der Waals surface area contributed by atoms with Crippen LogP contribution in [0.2, 0.25) is 0 Å². The molecule has 2 rings (SSSR count). The van der Waals surface area contributed by atoms with Crippen LogP contribution < -0.4 is 4.74 Å². The third-order valence-corrected chi connectivity index (χ3v) is 2.41. The smallest absolute Gasteiger partial charge is 0.119 e. The molecule has 2 aromatic carbocycles. The van der Waals surface area contributed by atoms with E-state index in [1.54, 1.807) is 18.2 Å². The van der Waals surface area contributed by atoms with E-state index in [2.05, 4.69) is 0 Å². The largest absolute Gasteiger partial charge is 0.508 e. The summed E-state index contributed by atoms with van der Waals surface area (Å²) in [5, 5.41) is 19.2. The maximum absolute atomic E-state index is 9.87. The lowest BCUT2D eigenvalue weighted by Gasteiger charge is -2.12. The summed E-state index contributed by atoms with van der Waals surface area (Å²) in [4.78, 5) is 0. The van der Waals surface area contributed by atoms with Crippen molar-refractivity contribution in [3.05, 3.63) is 60.2 Å². The van der Waals surface area contributed by atoms with E-state index in [1.165, 1.54) is 6.07 Å². The maximum Gasteiger partial charge on any atom is 0.119 e. The maximum atomic E-state index is 9.87. The summed E-state index contributed by atoms with van der Waals surface area (Å²) in [5.74, 6) is 0.855. The van der Waals surface area contributed by atoms with Crippen molar-refractivity contribution in [2.24, 2.45) is 0 Å². The second kappa shape index (κ2) is 5.37. The number of ether oxygens (including phenoxy) is 1. The van der Waals surface area contributed by atoms with Crippen molar-refractivity contribution < 1.29 is 14.9 Å². The minimum Gasteiger partial charge on any atom is -0.508 e. The third-order valence-electron chi connectivity index (χ3n) is 2.41. The average molecular weight is 230 g/mol. The highest BCUT2D eigenvalue weighted by Gasteiger charge is 2.08. The van der Waals surface area contributed by atoms with E-state index < -0.39 is 6.10 Å². The van der Waals surface area contributed by atoms with Gasteiger partial charge in [-0.2, -0.15) is 0 Å². The molecule has 88 valence electrons. The van der Waals surface area contributed by atoms with Gasteiger partial charge in [0.15, 0.2) is 0 Å². The number of para-hydroxylation sites is 1. The molecule has 0 heterocycles. The Kier molecular flexibility index (Phi) is 3.62. The van der Waals surface area contributed by atoms with Crippen LogP contribution in [0.3, 0.4) is 0 Å². The Bertz CT molecular complexity index is 468. The van der Waals surface area contributed by atoms with Crippen LogP contribution in [-0.4, -0.2) is 16.8 Å². The normalized spacial score (nSPS) is 12.1. The molecule has 0 aromatic heterocycles. The summed E-state index contributed by atoms with van der Waals surface area (Å²) in [7, 11) is 0. The SMILES string of the molecule is Oc1cccc(C(O)COc2ccccc2)c1. The molecule has 1 unspecified atom stereocenters. The van der Waals surface area contributed by atoms with Crippen molar-refractivity contribution in [1.29, 1.82) is 0 Å². The second-order valence-corrected chi connectivity index (χ2v) is 3.73. The molecule has 0 saturated heterocycles. The molecular weight excluding hydrogens is 216 g/mol. The fraction of sp³-hybridized carbons (Fsp3) is 0.143. The lowest BCUT2D eigenvalue weighted by atomic mass is 10.1. The van der Waals surface area contributed by atoms with Crippen LogP contribution in [0.5, 0.6) is 11.5 Å². The van der Waals surface area contributed by atoms with Crippen molar-refractivity contribution >= 4 is 0 Å². The van der Waals surface area contributed by atoms with Crippen LogP contribution in [0.15, 0.2) is 54.6 Å². The minimum absolute atomic E-state index is 0.140. The predicted molar refractivity (Wildman–Crippen MR) is 65.0 cm³/mol. The second-order valence-electron chi connectivity index (χ2n) is 3.73. The Morgan fingerprint density at radius 1 is 1.00 bits per heavy atom. The molecule has 2 aromatic rings. The van der Waals surface area contributed by atoms with Gasteiger partial charge in [-0.1, -0.05) is 30.3 Å². The van der Waals surface area contributed by atoms with E-state index in [1.807, 2.05) is 30.3 Å². The Morgan fingerprint density at radius 2 is 1.76 bits per heavy atom. The topological polar surface area (TPSA) is 49.7 Å². The van der Waals surface area contributed by atoms with Crippen LogP contribution in [0.1, 0.15) is 11.7 Å². The van der Waals surface area contributed by atoms with Gasteiger partial charge in [-0.05, 0) is 29.8 Å². The van der Waals surface area contributed by atoms with E-state index in [0.717, 1.165) is 0 Å². The van der Waals surface area contributed by atoms with Gasteiger partial charge in [0.1, 0.15) is 24.2 Å². The third kappa shape index (κ3) is 3.23. The van der Waals surface area contributed by atoms with Crippen LogP contribution in [0.25, 0.3) is 0 Å². The first-order valence-electron chi connectivity index (χ1n) is 5.40. The lowest BCUT2D eigenvalue weighted by Crippen LogP contribution is -2.09. The van der Waals surface area contributed by atoms with Crippen molar-refractivity contribution in [1.82, 2.24) is 0 Å². The van der Waals surface area contributed by atoms with Crippen LogP contribution in [0, 0.1) is 0 Å². The molecule has 1 atom stereocenters. The molecule has 0 spiro atoms. The molecule has 0 aliphatic heterocycles. The summed E-state index contributed by atoms with van der Waals surface area (Å²) in [6.45, 7) is 0.160. The quantitative estimate of drug-likeness (QED) is 0.848. The van der Waals surface area contributed by atoms with Gasteiger partial charge in [0.05, 0.1) is 0 Å². The van der Waals surface area contributed by atoms with Gasteiger partial charge in [0.25, 0.3) is 0 Å². The fourth-order valence-electron chi connectivity index (χ4n) is 1.52. The van der Waals surface area contributed by atoms with Gasteiger partial charge in [-0.15, -0.1) is 0 Å². The standard InChI is InChI=1S/C14H14O3/c15-12-6-4-5-11(9-12)14(16)10-17-13-7-2-1-3-8-13/h1-9,14-16H,10H2. The molecule has 0 aliphatic rings. The predicted octanol–water partition coefficient (Wildman–Crippen LogP) is 2.50. The number of benzene rings is 2. The zero-order valence-electron chi connectivity index (χ0n) is 9.28. The number of hydrogen-bond donors (Lipinski definition) is 2. The molecule has 3 heteroatoms. The average Bonchev–Trinajstić information content (AvgIpc) is 2.37. The molecule has 0 fully saturated rings. The zero-order chi connectivity index (χ0) is 12.1. The highest BCUT2D eigenvalue weighted by molar-refractivity contribution is 5.29. The van der Waals surface area contributed by atoms with Gasteiger partial charge in [-0.3, -0.25) is 0 Å². The number of phenols is 1. The van der Waals surface area contributed by atoms with E-state index in [9.17, 15) is 10.2 Å². The van der Waals surface area contributed by atoms with Crippen molar-refractivity contribution in [2.45, 2.75) is 6.10 Å². The van der Waals surface area contributed by atoms with E-state index in [-0.39, 0.29) is 12.4 Å². The monoisotopic (exact) mass is 230 g/mol. The Hall–Kier alpha value is -2.00. The molecule has 2 N–H and O–H groups in total. The Balaban J connectivity index is 1.96. The summed E-state index contributed by atoms with van der Waals surface area (Å²) in [6, 6.07) is 15.8. The Morgan fingerprint density at radius 3 is 2.47 bits per heavy atom. The summed E-state index contributed by atoms with van der Waals surface area (Å²) in [5.41, 5.74) is 0.640. The van der Waals surface area contributed by atoms with Crippen LogP contribution >= 0.6 is 0 Å². The number of aliphatic hydroxyl groups is 1. The number of phenolic OH excluding ortho intramolecular Hbond substituents is 1. The van der Waals surface area contributed by atoms with Gasteiger partial charge in [-0.25, -0.2) is 0 Å². The number of hydrogen-bond acceptors (Lipinski definition) is 3. The first kappa shape index (κ1) is 11.5. The minimum atomic E-state index is -0.748. The Labute approximate surface area is 99.9 Å². The van der Waals surface area contributed by atoms with Gasteiger partial charge < -0.3 is 14.9 Å². The first-order valence-corrected chi connectivity index (χ1v) is 5.40. The molecule has 17 heavy (non-hydrogen) atoms. The summed E-state index contributed by atoms with van der Waals surface area (Å²) >= 11 is 0. The van der Waals surface area contributed by atoms with Crippen molar-refractivity contribution in [3.8, 4) is 11.5 Å². The van der Waals surface area contributed by atoms with Gasteiger partial charge >= 0.3 is 0 Å². The molecule has 0 aliphatic carbocycles.